The first kappa shape index (κ1) is 30.1. The van der Waals surface area contributed by atoms with Crippen LogP contribution >= 0.6 is 0 Å². The SMILES string of the molecule is COc1ccc(S(=O)(=O)N(CC(C)C)C[C@@H](O)[C@H](CCc2ccccc2)NC(=O)OCc2ccccn2)cc1. The average Bonchev–Trinajstić information content (AvgIpc) is 2.94. The number of pyridine rings is 1. The van der Waals surface area contributed by atoms with Crippen LogP contribution in [0.3, 0.4) is 0 Å². The van der Waals surface area contributed by atoms with Gasteiger partial charge in [0.05, 0.1) is 29.8 Å². The largest absolute Gasteiger partial charge is 0.497 e. The van der Waals surface area contributed by atoms with Crippen LogP contribution in [0, 0.1) is 5.92 Å². The normalized spacial score (nSPS) is 13.2. The molecule has 0 saturated carbocycles. The summed E-state index contributed by atoms with van der Waals surface area (Å²) in [5.74, 6) is 0.545. The summed E-state index contributed by atoms with van der Waals surface area (Å²) >= 11 is 0. The maximum atomic E-state index is 13.5. The summed E-state index contributed by atoms with van der Waals surface area (Å²) in [7, 11) is -2.42. The van der Waals surface area contributed by atoms with E-state index in [-0.39, 0.29) is 30.5 Å². The van der Waals surface area contributed by atoms with Gasteiger partial charge >= 0.3 is 6.09 Å². The molecule has 1 heterocycles. The number of hydrogen-bond donors (Lipinski definition) is 2. The third kappa shape index (κ3) is 9.35. The molecule has 0 saturated heterocycles. The fourth-order valence-corrected chi connectivity index (χ4v) is 5.68. The molecule has 0 unspecified atom stereocenters. The molecule has 10 heteroatoms. The van der Waals surface area contributed by atoms with Crippen molar-refractivity contribution < 1.29 is 27.8 Å². The van der Waals surface area contributed by atoms with E-state index in [1.165, 1.54) is 23.5 Å². The third-order valence-corrected chi connectivity index (χ3v) is 7.93. The van der Waals surface area contributed by atoms with Gasteiger partial charge in [0.2, 0.25) is 10.0 Å². The number of carbonyl (C=O) groups is 1. The summed E-state index contributed by atoms with van der Waals surface area (Å²) in [6.45, 7) is 3.78. The molecule has 3 rings (SSSR count). The number of amides is 1. The molecule has 1 amide bonds. The second-order valence-electron chi connectivity index (χ2n) is 9.63. The minimum absolute atomic E-state index is 0.00397. The maximum absolute atomic E-state index is 13.5. The highest BCUT2D eigenvalue weighted by Crippen LogP contribution is 2.22. The lowest BCUT2D eigenvalue weighted by Gasteiger charge is -2.30. The predicted octanol–water partition coefficient (Wildman–Crippen LogP) is 4.03. The number of rotatable bonds is 14. The molecule has 3 aromatic rings. The fraction of sp³-hybridized carbons (Fsp3) is 0.379. The molecule has 2 aromatic carbocycles. The average molecular weight is 556 g/mol. The molecule has 0 spiro atoms. The van der Waals surface area contributed by atoms with E-state index >= 15 is 0 Å². The Morgan fingerprint density at radius 2 is 1.69 bits per heavy atom. The summed E-state index contributed by atoms with van der Waals surface area (Å²) in [5, 5.41) is 14.0. The van der Waals surface area contributed by atoms with Gasteiger partial charge in [-0.3, -0.25) is 4.98 Å². The number of sulfonamides is 1. The molecule has 0 bridgehead atoms. The van der Waals surface area contributed by atoms with E-state index in [4.69, 9.17) is 9.47 Å². The number of hydrogen-bond acceptors (Lipinski definition) is 7. The van der Waals surface area contributed by atoms with Gasteiger partial charge in [-0.1, -0.05) is 50.2 Å². The van der Waals surface area contributed by atoms with Crippen LogP contribution in [0.2, 0.25) is 0 Å². The Morgan fingerprint density at radius 1 is 1.00 bits per heavy atom. The smallest absolute Gasteiger partial charge is 0.407 e. The number of alkyl carbamates (subject to hydrolysis) is 1. The number of nitrogens with one attached hydrogen (secondary N) is 1. The first-order valence-corrected chi connectivity index (χ1v) is 14.3. The zero-order valence-electron chi connectivity index (χ0n) is 22.6. The number of aromatic nitrogens is 1. The van der Waals surface area contributed by atoms with E-state index in [1.54, 1.807) is 36.5 Å². The van der Waals surface area contributed by atoms with E-state index in [2.05, 4.69) is 10.3 Å². The Hall–Kier alpha value is -3.47. The van der Waals surface area contributed by atoms with Crippen molar-refractivity contribution in [2.75, 3.05) is 20.2 Å². The Labute approximate surface area is 230 Å². The molecule has 39 heavy (non-hydrogen) atoms. The second kappa shape index (κ2) is 14.6. The van der Waals surface area contributed by atoms with Crippen molar-refractivity contribution in [3.05, 3.63) is 90.3 Å². The van der Waals surface area contributed by atoms with Crippen molar-refractivity contribution in [2.45, 2.75) is 50.3 Å². The van der Waals surface area contributed by atoms with Gasteiger partial charge < -0.3 is 19.9 Å². The molecule has 0 aliphatic heterocycles. The monoisotopic (exact) mass is 555 g/mol. The van der Waals surface area contributed by atoms with Gasteiger partial charge in [-0.15, -0.1) is 0 Å². The van der Waals surface area contributed by atoms with Gasteiger partial charge in [-0.05, 0) is 60.7 Å². The van der Waals surface area contributed by atoms with E-state index in [0.717, 1.165) is 5.56 Å². The van der Waals surface area contributed by atoms with Crippen molar-refractivity contribution in [3.8, 4) is 5.75 Å². The zero-order valence-corrected chi connectivity index (χ0v) is 23.4. The number of aliphatic hydroxyl groups excluding tert-OH is 1. The number of ether oxygens (including phenoxy) is 2. The summed E-state index contributed by atoms with van der Waals surface area (Å²) in [5.41, 5.74) is 1.62. The van der Waals surface area contributed by atoms with Crippen LogP contribution in [-0.2, 0) is 27.8 Å². The van der Waals surface area contributed by atoms with Crippen LogP contribution in [0.1, 0.15) is 31.5 Å². The molecule has 9 nitrogen and oxygen atoms in total. The topological polar surface area (TPSA) is 118 Å². The van der Waals surface area contributed by atoms with Gasteiger partial charge in [0.1, 0.15) is 12.4 Å². The minimum atomic E-state index is -3.93. The molecule has 2 N–H and O–H groups in total. The highest BCUT2D eigenvalue weighted by Gasteiger charge is 2.31. The summed E-state index contributed by atoms with van der Waals surface area (Å²) in [4.78, 5) is 16.9. The number of methoxy groups -OCH3 is 1. The standard InChI is InChI=1S/C29H37N3O6S/c1-22(2)19-32(39(35,36)26-15-13-25(37-3)14-16-26)20-28(33)27(17-12-23-9-5-4-6-10-23)31-29(34)38-21-24-11-7-8-18-30-24/h4-11,13-16,18,22,27-28,33H,12,17,19-21H2,1-3H3,(H,31,34)/t27-,28+/m0/s1. The van der Waals surface area contributed by atoms with Gasteiger partial charge in [-0.2, -0.15) is 4.31 Å². The van der Waals surface area contributed by atoms with Crippen molar-refractivity contribution in [3.63, 3.8) is 0 Å². The molecular formula is C29H37N3O6S. The van der Waals surface area contributed by atoms with E-state index in [9.17, 15) is 18.3 Å². The van der Waals surface area contributed by atoms with Crippen LogP contribution < -0.4 is 10.1 Å². The Bertz CT molecular complexity index is 1260. The van der Waals surface area contributed by atoms with Crippen LogP contribution in [0.5, 0.6) is 5.75 Å². The molecule has 0 aliphatic rings. The number of aliphatic hydroxyl groups is 1. The lowest BCUT2D eigenvalue weighted by Crippen LogP contribution is -2.50. The maximum Gasteiger partial charge on any atom is 0.407 e. The van der Waals surface area contributed by atoms with E-state index in [0.29, 0.717) is 24.3 Å². The minimum Gasteiger partial charge on any atom is -0.497 e. The highest BCUT2D eigenvalue weighted by molar-refractivity contribution is 7.89. The van der Waals surface area contributed by atoms with Gasteiger partial charge in [-0.25, -0.2) is 13.2 Å². The van der Waals surface area contributed by atoms with Crippen molar-refractivity contribution in [2.24, 2.45) is 5.92 Å². The number of aryl methyl sites for hydroxylation is 1. The lowest BCUT2D eigenvalue weighted by molar-refractivity contribution is 0.0843. The van der Waals surface area contributed by atoms with Gasteiger partial charge in [0.25, 0.3) is 0 Å². The molecule has 210 valence electrons. The second-order valence-corrected chi connectivity index (χ2v) is 11.6. The molecule has 0 fully saturated rings. The van der Waals surface area contributed by atoms with Crippen LogP contribution in [-0.4, -0.2) is 61.3 Å². The summed E-state index contributed by atoms with van der Waals surface area (Å²) < 4.78 is 38.8. The van der Waals surface area contributed by atoms with Crippen LogP contribution in [0.15, 0.2) is 83.9 Å². The number of nitrogens with zero attached hydrogens (tertiary/aromatic N) is 2. The Morgan fingerprint density at radius 3 is 2.31 bits per heavy atom. The first-order valence-electron chi connectivity index (χ1n) is 12.9. The molecule has 0 radical (unpaired) electrons. The lowest BCUT2D eigenvalue weighted by atomic mass is 10.0. The fourth-order valence-electron chi connectivity index (χ4n) is 4.05. The van der Waals surface area contributed by atoms with Crippen molar-refractivity contribution in [1.82, 2.24) is 14.6 Å². The third-order valence-electron chi connectivity index (χ3n) is 6.09. The molecule has 2 atom stereocenters. The molecule has 1 aromatic heterocycles. The first-order chi connectivity index (χ1) is 18.7. The molecular weight excluding hydrogens is 518 g/mol. The summed E-state index contributed by atoms with van der Waals surface area (Å²) in [6, 6.07) is 20.3. The van der Waals surface area contributed by atoms with E-state index in [1.807, 2.05) is 44.2 Å². The molecule has 0 aliphatic carbocycles. The van der Waals surface area contributed by atoms with Crippen molar-refractivity contribution >= 4 is 16.1 Å². The van der Waals surface area contributed by atoms with E-state index < -0.39 is 28.3 Å². The summed E-state index contributed by atoms with van der Waals surface area (Å²) in [6.07, 6.45) is 0.643. The quantitative estimate of drug-likeness (QED) is 0.308. The Kier molecular flexibility index (Phi) is 11.3. The van der Waals surface area contributed by atoms with Crippen molar-refractivity contribution in [1.29, 1.82) is 0 Å². The van der Waals surface area contributed by atoms with Crippen LogP contribution in [0.4, 0.5) is 4.79 Å². The van der Waals surface area contributed by atoms with Crippen LogP contribution in [0.25, 0.3) is 0 Å². The van der Waals surface area contributed by atoms with Gasteiger partial charge in [0, 0.05) is 19.3 Å². The zero-order chi connectivity index (χ0) is 28.3. The Balaban J connectivity index is 1.77. The van der Waals surface area contributed by atoms with Gasteiger partial charge in [0.15, 0.2) is 0 Å². The number of benzene rings is 2. The predicted molar refractivity (Wildman–Crippen MR) is 149 cm³/mol. The highest BCUT2D eigenvalue weighted by atomic mass is 32.2. The number of carbonyl (C=O) groups excluding carboxylic acids is 1.